The number of nitrogens with zero attached hydrogens (tertiary/aromatic N) is 4. The number of carbonyl (C=O) groups excluding carboxylic acids is 1. The lowest BCUT2D eigenvalue weighted by molar-refractivity contribution is -0.113. The summed E-state index contributed by atoms with van der Waals surface area (Å²) in [5.41, 5.74) is 0.673. The summed E-state index contributed by atoms with van der Waals surface area (Å²) in [6.07, 6.45) is 5.90. The first-order valence-electron chi connectivity index (χ1n) is 12.3. The van der Waals surface area contributed by atoms with Crippen LogP contribution in [0.3, 0.4) is 0 Å². The second kappa shape index (κ2) is 12.3. The maximum absolute atomic E-state index is 12.7. The average molecular weight is 490 g/mol. The number of amides is 1. The van der Waals surface area contributed by atoms with Crippen LogP contribution in [0.15, 0.2) is 23.4 Å². The molecular formula is C24H35N5O4S. The van der Waals surface area contributed by atoms with Crippen LogP contribution in [-0.2, 0) is 16.1 Å². The zero-order valence-corrected chi connectivity index (χ0v) is 20.9. The van der Waals surface area contributed by atoms with E-state index in [2.05, 4.69) is 25.0 Å². The van der Waals surface area contributed by atoms with E-state index in [1.807, 2.05) is 26.0 Å². The number of rotatable bonds is 11. The normalized spacial score (nSPS) is 18.2. The molecule has 0 radical (unpaired) electrons. The van der Waals surface area contributed by atoms with Crippen LogP contribution in [0.2, 0.25) is 0 Å². The van der Waals surface area contributed by atoms with E-state index in [1.165, 1.54) is 31.0 Å². The van der Waals surface area contributed by atoms with Gasteiger partial charge in [-0.15, -0.1) is 10.2 Å². The molecular weight excluding hydrogens is 454 g/mol. The Kier molecular flexibility index (Phi) is 8.92. The molecule has 2 aromatic rings. The predicted molar refractivity (Wildman–Crippen MR) is 133 cm³/mol. The fourth-order valence-corrected chi connectivity index (χ4v) is 5.07. The highest BCUT2D eigenvalue weighted by molar-refractivity contribution is 7.99. The smallest absolute Gasteiger partial charge is 0.234 e. The van der Waals surface area contributed by atoms with Gasteiger partial charge in [0.2, 0.25) is 11.9 Å². The standard InChI is InChI=1S/C24H35N5O4S/c1-3-31-20-11-10-18(15-21(20)32-4-2)25-22(30)17-34-24-27-26-23(28-12-6-5-7-13-28)29(24)16-19-9-8-14-33-19/h10-11,15,19H,3-9,12-14,16-17H2,1-2H3,(H,25,30). The van der Waals surface area contributed by atoms with Gasteiger partial charge >= 0.3 is 0 Å². The molecule has 9 nitrogen and oxygen atoms in total. The SMILES string of the molecule is CCOc1ccc(NC(=O)CSc2nnc(N3CCCCC3)n2CC2CCCO2)cc1OCC. The minimum Gasteiger partial charge on any atom is -0.490 e. The summed E-state index contributed by atoms with van der Waals surface area (Å²) < 4.78 is 19.3. The van der Waals surface area contributed by atoms with Crippen LogP contribution < -0.4 is 19.7 Å². The molecule has 0 spiro atoms. The first-order valence-corrected chi connectivity index (χ1v) is 13.3. The van der Waals surface area contributed by atoms with Crippen molar-refractivity contribution in [2.24, 2.45) is 0 Å². The van der Waals surface area contributed by atoms with Crippen molar-refractivity contribution in [1.82, 2.24) is 14.8 Å². The van der Waals surface area contributed by atoms with Gasteiger partial charge in [0.15, 0.2) is 16.7 Å². The van der Waals surface area contributed by atoms with Crippen molar-refractivity contribution in [2.75, 3.05) is 48.9 Å². The van der Waals surface area contributed by atoms with E-state index in [4.69, 9.17) is 14.2 Å². The van der Waals surface area contributed by atoms with Crippen LogP contribution in [0.1, 0.15) is 46.0 Å². The van der Waals surface area contributed by atoms with Crippen molar-refractivity contribution in [2.45, 2.75) is 63.8 Å². The van der Waals surface area contributed by atoms with Crippen molar-refractivity contribution in [3.8, 4) is 11.5 Å². The number of carbonyl (C=O) groups is 1. The van der Waals surface area contributed by atoms with E-state index >= 15 is 0 Å². The van der Waals surface area contributed by atoms with Crippen LogP contribution in [0.4, 0.5) is 11.6 Å². The molecule has 1 amide bonds. The first-order chi connectivity index (χ1) is 16.7. The van der Waals surface area contributed by atoms with Crippen LogP contribution in [0.5, 0.6) is 11.5 Å². The van der Waals surface area contributed by atoms with Crippen molar-refractivity contribution in [1.29, 1.82) is 0 Å². The van der Waals surface area contributed by atoms with Gasteiger partial charge in [-0.25, -0.2) is 0 Å². The van der Waals surface area contributed by atoms with Crippen molar-refractivity contribution >= 4 is 29.3 Å². The van der Waals surface area contributed by atoms with E-state index < -0.39 is 0 Å². The number of nitrogens with one attached hydrogen (secondary N) is 1. The molecule has 4 rings (SSSR count). The molecule has 2 aliphatic heterocycles. The Morgan fingerprint density at radius 3 is 2.65 bits per heavy atom. The zero-order valence-electron chi connectivity index (χ0n) is 20.1. The highest BCUT2D eigenvalue weighted by Crippen LogP contribution is 2.31. The van der Waals surface area contributed by atoms with Crippen molar-refractivity contribution < 1.29 is 19.0 Å². The van der Waals surface area contributed by atoms with Gasteiger partial charge in [-0.1, -0.05) is 11.8 Å². The second-order valence-electron chi connectivity index (χ2n) is 8.44. The van der Waals surface area contributed by atoms with Gasteiger partial charge in [-0.05, 0) is 58.1 Å². The van der Waals surface area contributed by atoms with E-state index in [9.17, 15) is 4.79 Å². The summed E-state index contributed by atoms with van der Waals surface area (Å²) in [5.74, 6) is 2.32. The summed E-state index contributed by atoms with van der Waals surface area (Å²) in [4.78, 5) is 15.0. The maximum atomic E-state index is 12.7. The maximum Gasteiger partial charge on any atom is 0.234 e. The lowest BCUT2D eigenvalue weighted by Crippen LogP contribution is -2.33. The number of benzene rings is 1. The Labute approximate surface area is 205 Å². The molecule has 2 saturated heterocycles. The van der Waals surface area contributed by atoms with E-state index in [-0.39, 0.29) is 17.8 Å². The fraction of sp³-hybridized carbons (Fsp3) is 0.625. The molecule has 0 bridgehead atoms. The van der Waals surface area contributed by atoms with E-state index in [0.29, 0.717) is 30.4 Å². The molecule has 1 atom stereocenters. The minimum atomic E-state index is -0.109. The van der Waals surface area contributed by atoms with Crippen LogP contribution in [0, 0.1) is 0 Å². The van der Waals surface area contributed by atoms with Gasteiger partial charge in [-0.3, -0.25) is 9.36 Å². The Morgan fingerprint density at radius 2 is 1.91 bits per heavy atom. The molecule has 186 valence electrons. The molecule has 2 aliphatic rings. The number of thioether (sulfide) groups is 1. The van der Waals surface area contributed by atoms with Gasteiger partial charge in [0.1, 0.15) is 0 Å². The summed E-state index contributed by atoms with van der Waals surface area (Å²) in [6, 6.07) is 5.44. The minimum absolute atomic E-state index is 0.109. The molecule has 34 heavy (non-hydrogen) atoms. The molecule has 10 heteroatoms. The Balaban J connectivity index is 1.41. The third-order valence-electron chi connectivity index (χ3n) is 5.91. The quantitative estimate of drug-likeness (QED) is 0.474. The molecule has 3 heterocycles. The Hall–Kier alpha value is -2.46. The summed E-state index contributed by atoms with van der Waals surface area (Å²) >= 11 is 1.41. The average Bonchev–Trinajstić information content (AvgIpc) is 3.51. The van der Waals surface area contributed by atoms with Crippen molar-refractivity contribution in [3.05, 3.63) is 18.2 Å². The number of anilines is 2. The molecule has 0 saturated carbocycles. The second-order valence-corrected chi connectivity index (χ2v) is 9.38. The Morgan fingerprint density at radius 1 is 1.12 bits per heavy atom. The van der Waals surface area contributed by atoms with Crippen LogP contribution in [-0.4, -0.2) is 65.4 Å². The number of aromatic nitrogens is 3. The predicted octanol–water partition coefficient (Wildman–Crippen LogP) is 3.98. The third kappa shape index (κ3) is 6.35. The van der Waals surface area contributed by atoms with Gasteiger partial charge in [0.25, 0.3) is 0 Å². The molecule has 1 aromatic heterocycles. The van der Waals surface area contributed by atoms with Gasteiger partial charge in [-0.2, -0.15) is 0 Å². The lowest BCUT2D eigenvalue weighted by Gasteiger charge is -2.28. The van der Waals surface area contributed by atoms with Gasteiger partial charge in [0, 0.05) is 31.5 Å². The topological polar surface area (TPSA) is 90.7 Å². The fourth-order valence-electron chi connectivity index (χ4n) is 4.32. The summed E-state index contributed by atoms with van der Waals surface area (Å²) in [6.45, 7) is 8.44. The highest BCUT2D eigenvalue weighted by atomic mass is 32.2. The lowest BCUT2D eigenvalue weighted by atomic mass is 10.1. The molecule has 2 fully saturated rings. The molecule has 1 aromatic carbocycles. The van der Waals surface area contributed by atoms with Crippen LogP contribution in [0.25, 0.3) is 0 Å². The molecule has 0 aliphatic carbocycles. The van der Waals surface area contributed by atoms with E-state index in [0.717, 1.165) is 50.2 Å². The summed E-state index contributed by atoms with van der Waals surface area (Å²) in [5, 5.41) is 12.7. The number of hydrogen-bond donors (Lipinski definition) is 1. The molecule has 1 unspecified atom stereocenters. The van der Waals surface area contributed by atoms with Gasteiger partial charge in [0.05, 0.1) is 31.6 Å². The number of ether oxygens (including phenoxy) is 3. The number of hydrogen-bond acceptors (Lipinski definition) is 8. The first kappa shape index (κ1) is 24.7. The largest absolute Gasteiger partial charge is 0.490 e. The van der Waals surface area contributed by atoms with Crippen LogP contribution >= 0.6 is 11.8 Å². The van der Waals surface area contributed by atoms with Gasteiger partial charge < -0.3 is 24.4 Å². The number of piperidine rings is 1. The highest BCUT2D eigenvalue weighted by Gasteiger charge is 2.25. The monoisotopic (exact) mass is 489 g/mol. The van der Waals surface area contributed by atoms with Crippen molar-refractivity contribution in [3.63, 3.8) is 0 Å². The third-order valence-corrected chi connectivity index (χ3v) is 6.87. The zero-order chi connectivity index (χ0) is 23.8. The summed E-state index contributed by atoms with van der Waals surface area (Å²) in [7, 11) is 0. The van der Waals surface area contributed by atoms with E-state index in [1.54, 1.807) is 6.07 Å². The Bertz CT molecular complexity index is 941. The molecule has 1 N–H and O–H groups in total.